The number of ether oxygens (including phenoxy) is 1. The molecule has 1 aromatic rings. The molecule has 1 aliphatic carbocycles. The van der Waals surface area contributed by atoms with Crippen molar-refractivity contribution in [2.45, 2.75) is 58.4 Å². The van der Waals surface area contributed by atoms with Crippen molar-refractivity contribution >= 4 is 23.5 Å². The Morgan fingerprint density at radius 1 is 1.12 bits per heavy atom. The highest BCUT2D eigenvalue weighted by Crippen LogP contribution is 2.23. The van der Waals surface area contributed by atoms with Crippen LogP contribution in [0, 0.1) is 5.92 Å². The molecule has 2 N–H and O–H groups in total. The molecule has 0 aromatic heterocycles. The van der Waals surface area contributed by atoms with Gasteiger partial charge in [-0.1, -0.05) is 45.2 Å². The Morgan fingerprint density at radius 2 is 1.85 bits per heavy atom. The maximum atomic E-state index is 12.3. The Labute approximate surface area is 154 Å². The number of benzene rings is 1. The average molecular weight is 360 g/mol. The Hall–Kier alpha value is -2.37. The van der Waals surface area contributed by atoms with Crippen LogP contribution in [-0.2, 0) is 14.3 Å². The molecule has 0 bridgehead atoms. The van der Waals surface area contributed by atoms with E-state index in [1.807, 2.05) is 6.92 Å². The van der Waals surface area contributed by atoms with Gasteiger partial charge < -0.3 is 15.4 Å². The smallest absolute Gasteiger partial charge is 0.340 e. The van der Waals surface area contributed by atoms with Gasteiger partial charge in [-0.25, -0.2) is 4.79 Å². The van der Waals surface area contributed by atoms with Crippen LogP contribution in [0.1, 0.15) is 62.7 Å². The van der Waals surface area contributed by atoms with E-state index >= 15 is 0 Å². The highest BCUT2D eigenvalue weighted by molar-refractivity contribution is 6.40. The molecule has 2 atom stereocenters. The molecule has 0 radical (unpaired) electrons. The van der Waals surface area contributed by atoms with Gasteiger partial charge in [-0.3, -0.25) is 9.59 Å². The first-order valence-electron chi connectivity index (χ1n) is 9.41. The Morgan fingerprint density at radius 3 is 2.58 bits per heavy atom. The van der Waals surface area contributed by atoms with Crippen LogP contribution in [0.15, 0.2) is 24.3 Å². The standard InChI is InChI=1S/C20H28N2O4/c1-3-4-13-26-20(25)15-10-6-8-12-17(15)22-19(24)18(23)21-16-11-7-5-9-14(16)2/h6,8,10,12,14,16H,3-5,7,9,11,13H2,1-2H3,(H,21,23)(H,22,24). The predicted molar refractivity (Wildman–Crippen MR) is 99.8 cm³/mol. The van der Waals surface area contributed by atoms with E-state index in [9.17, 15) is 14.4 Å². The van der Waals surface area contributed by atoms with E-state index in [2.05, 4.69) is 17.6 Å². The summed E-state index contributed by atoms with van der Waals surface area (Å²) in [6.45, 7) is 4.43. The second-order valence-electron chi connectivity index (χ2n) is 6.83. The van der Waals surface area contributed by atoms with Gasteiger partial charge in [0.15, 0.2) is 0 Å². The predicted octanol–water partition coefficient (Wildman–Crippen LogP) is 3.28. The van der Waals surface area contributed by atoms with Gasteiger partial charge in [0.05, 0.1) is 17.9 Å². The third kappa shape index (κ3) is 5.58. The van der Waals surface area contributed by atoms with Crippen LogP contribution in [-0.4, -0.2) is 30.4 Å². The van der Waals surface area contributed by atoms with Crippen molar-refractivity contribution in [3.8, 4) is 0 Å². The lowest BCUT2D eigenvalue weighted by atomic mass is 9.86. The summed E-state index contributed by atoms with van der Waals surface area (Å²) in [6, 6.07) is 6.57. The van der Waals surface area contributed by atoms with E-state index < -0.39 is 17.8 Å². The second kappa shape index (κ2) is 9.94. The molecular formula is C20H28N2O4. The number of para-hydroxylation sites is 1. The fourth-order valence-electron chi connectivity index (χ4n) is 3.10. The highest BCUT2D eigenvalue weighted by Gasteiger charge is 2.26. The van der Waals surface area contributed by atoms with Crippen molar-refractivity contribution in [3.63, 3.8) is 0 Å². The van der Waals surface area contributed by atoms with E-state index in [1.54, 1.807) is 24.3 Å². The summed E-state index contributed by atoms with van der Waals surface area (Å²) in [6.07, 6.45) is 5.86. The molecule has 26 heavy (non-hydrogen) atoms. The Balaban J connectivity index is 1.97. The number of carbonyl (C=O) groups is 3. The summed E-state index contributed by atoms with van der Waals surface area (Å²) in [5.74, 6) is -1.58. The molecule has 1 aromatic carbocycles. The zero-order valence-electron chi connectivity index (χ0n) is 15.5. The molecule has 6 nitrogen and oxygen atoms in total. The molecule has 6 heteroatoms. The summed E-state index contributed by atoms with van der Waals surface area (Å²) in [5.41, 5.74) is 0.529. The third-order valence-corrected chi connectivity index (χ3v) is 4.76. The number of esters is 1. The summed E-state index contributed by atoms with van der Waals surface area (Å²) < 4.78 is 5.20. The quantitative estimate of drug-likeness (QED) is 0.463. The first-order chi connectivity index (χ1) is 12.5. The van der Waals surface area contributed by atoms with E-state index in [4.69, 9.17) is 4.74 Å². The number of anilines is 1. The Kier molecular flexibility index (Phi) is 7.63. The summed E-state index contributed by atoms with van der Waals surface area (Å²) in [5, 5.41) is 5.35. The number of rotatable bonds is 6. The zero-order valence-corrected chi connectivity index (χ0v) is 15.5. The number of carbonyl (C=O) groups excluding carboxylic acids is 3. The third-order valence-electron chi connectivity index (χ3n) is 4.76. The van der Waals surface area contributed by atoms with Crippen molar-refractivity contribution in [2.24, 2.45) is 5.92 Å². The van der Waals surface area contributed by atoms with E-state index in [-0.39, 0.29) is 17.3 Å². The fraction of sp³-hybridized carbons (Fsp3) is 0.550. The van der Waals surface area contributed by atoms with E-state index in [0.29, 0.717) is 12.5 Å². The molecular weight excluding hydrogens is 332 g/mol. The molecule has 142 valence electrons. The minimum absolute atomic E-state index is 0.0243. The molecule has 1 aliphatic rings. The number of hydrogen-bond donors (Lipinski definition) is 2. The van der Waals surface area contributed by atoms with Gasteiger partial charge in [0, 0.05) is 6.04 Å². The van der Waals surface area contributed by atoms with E-state index in [1.165, 1.54) is 0 Å². The minimum Gasteiger partial charge on any atom is -0.462 e. The summed E-state index contributed by atoms with van der Waals surface area (Å²) >= 11 is 0. The van der Waals surface area contributed by atoms with E-state index in [0.717, 1.165) is 38.5 Å². The minimum atomic E-state index is -0.767. The number of hydrogen-bond acceptors (Lipinski definition) is 4. The molecule has 0 spiro atoms. The molecule has 2 unspecified atom stereocenters. The number of unbranched alkanes of at least 4 members (excludes halogenated alkanes) is 1. The van der Waals surface area contributed by atoms with Crippen LogP contribution in [0.5, 0.6) is 0 Å². The van der Waals surface area contributed by atoms with Crippen LogP contribution in [0.3, 0.4) is 0 Å². The van der Waals surface area contributed by atoms with Gasteiger partial charge in [0.25, 0.3) is 0 Å². The molecule has 1 saturated carbocycles. The van der Waals surface area contributed by atoms with Crippen molar-refractivity contribution in [1.29, 1.82) is 0 Å². The Bertz CT molecular complexity index is 644. The lowest BCUT2D eigenvalue weighted by Gasteiger charge is -2.29. The van der Waals surface area contributed by atoms with Gasteiger partial charge in [-0.15, -0.1) is 0 Å². The van der Waals surface area contributed by atoms with Crippen molar-refractivity contribution in [3.05, 3.63) is 29.8 Å². The van der Waals surface area contributed by atoms with Gasteiger partial charge in [0.1, 0.15) is 0 Å². The highest BCUT2D eigenvalue weighted by atomic mass is 16.5. The van der Waals surface area contributed by atoms with Crippen molar-refractivity contribution in [1.82, 2.24) is 5.32 Å². The van der Waals surface area contributed by atoms with Crippen LogP contribution in [0.2, 0.25) is 0 Å². The lowest BCUT2D eigenvalue weighted by molar-refractivity contribution is -0.137. The first kappa shape index (κ1) is 19.9. The molecule has 2 rings (SSSR count). The number of nitrogens with one attached hydrogen (secondary N) is 2. The first-order valence-corrected chi connectivity index (χ1v) is 9.41. The summed E-state index contributed by atoms with van der Waals surface area (Å²) in [4.78, 5) is 36.6. The molecule has 2 amide bonds. The summed E-state index contributed by atoms with van der Waals surface area (Å²) in [7, 11) is 0. The molecule has 0 saturated heterocycles. The van der Waals surface area contributed by atoms with Crippen LogP contribution in [0.4, 0.5) is 5.69 Å². The van der Waals surface area contributed by atoms with Gasteiger partial charge in [-0.2, -0.15) is 0 Å². The van der Waals surface area contributed by atoms with Gasteiger partial charge in [0.2, 0.25) is 0 Å². The molecule has 1 fully saturated rings. The van der Waals surface area contributed by atoms with Crippen LogP contribution in [0.25, 0.3) is 0 Å². The SMILES string of the molecule is CCCCOC(=O)c1ccccc1NC(=O)C(=O)NC1CCCCC1C. The van der Waals surface area contributed by atoms with Gasteiger partial charge >= 0.3 is 17.8 Å². The lowest BCUT2D eigenvalue weighted by Crippen LogP contribution is -2.45. The molecule has 0 heterocycles. The maximum Gasteiger partial charge on any atom is 0.340 e. The fourth-order valence-corrected chi connectivity index (χ4v) is 3.10. The van der Waals surface area contributed by atoms with Crippen LogP contribution >= 0.6 is 0 Å². The normalized spacial score (nSPS) is 19.5. The van der Waals surface area contributed by atoms with Crippen molar-refractivity contribution < 1.29 is 19.1 Å². The van der Waals surface area contributed by atoms with Crippen LogP contribution < -0.4 is 10.6 Å². The number of amides is 2. The topological polar surface area (TPSA) is 84.5 Å². The average Bonchev–Trinajstić information content (AvgIpc) is 2.64. The second-order valence-corrected chi connectivity index (χ2v) is 6.83. The van der Waals surface area contributed by atoms with Crippen molar-refractivity contribution in [2.75, 3.05) is 11.9 Å². The maximum absolute atomic E-state index is 12.3. The largest absolute Gasteiger partial charge is 0.462 e. The monoisotopic (exact) mass is 360 g/mol. The van der Waals surface area contributed by atoms with Gasteiger partial charge in [-0.05, 0) is 37.3 Å². The zero-order chi connectivity index (χ0) is 18.9. The molecule has 0 aliphatic heterocycles.